The molecule has 0 aliphatic rings. The van der Waals surface area contributed by atoms with Crippen molar-refractivity contribution in [2.45, 2.75) is 25.2 Å². The SMILES string of the molecule is O=C(NCCc1cccc(C(F)(F)F)c1)c1ccnc(C(=O)NCCc2cccc(C(F)(F)F)c2)c1. The van der Waals surface area contributed by atoms with Gasteiger partial charge in [0.2, 0.25) is 0 Å². The monoisotopic (exact) mass is 509 g/mol. The highest BCUT2D eigenvalue weighted by Crippen LogP contribution is 2.30. The molecule has 11 heteroatoms. The van der Waals surface area contributed by atoms with Crippen LogP contribution >= 0.6 is 0 Å². The minimum Gasteiger partial charge on any atom is -0.352 e. The highest BCUT2D eigenvalue weighted by molar-refractivity contribution is 5.98. The van der Waals surface area contributed by atoms with Gasteiger partial charge in [0.1, 0.15) is 5.69 Å². The van der Waals surface area contributed by atoms with E-state index in [2.05, 4.69) is 15.6 Å². The Balaban J connectivity index is 1.51. The van der Waals surface area contributed by atoms with E-state index in [9.17, 15) is 35.9 Å². The molecule has 36 heavy (non-hydrogen) atoms. The lowest BCUT2D eigenvalue weighted by Gasteiger charge is -2.10. The number of benzene rings is 2. The quantitative estimate of drug-likeness (QED) is 0.417. The topological polar surface area (TPSA) is 71.1 Å². The number of nitrogens with one attached hydrogen (secondary N) is 2. The van der Waals surface area contributed by atoms with E-state index >= 15 is 0 Å². The number of aromatic nitrogens is 1. The van der Waals surface area contributed by atoms with Gasteiger partial charge in [-0.25, -0.2) is 0 Å². The molecule has 0 saturated carbocycles. The normalized spacial score (nSPS) is 11.7. The predicted octanol–water partition coefficient (Wildman–Crippen LogP) is 5.06. The molecule has 3 aromatic rings. The van der Waals surface area contributed by atoms with Crippen LogP contribution in [0.4, 0.5) is 26.3 Å². The van der Waals surface area contributed by atoms with Crippen LogP contribution in [0.2, 0.25) is 0 Å². The molecule has 1 aromatic heterocycles. The summed E-state index contributed by atoms with van der Waals surface area (Å²) in [5.74, 6) is -1.15. The summed E-state index contributed by atoms with van der Waals surface area (Å²) in [6.45, 7) is 0.121. The van der Waals surface area contributed by atoms with Crippen molar-refractivity contribution in [3.8, 4) is 0 Å². The van der Waals surface area contributed by atoms with E-state index in [0.717, 1.165) is 24.3 Å². The largest absolute Gasteiger partial charge is 0.416 e. The first-order chi connectivity index (χ1) is 16.9. The Morgan fingerprint density at radius 1 is 0.694 bits per heavy atom. The summed E-state index contributed by atoms with van der Waals surface area (Å²) in [4.78, 5) is 28.7. The first-order valence-electron chi connectivity index (χ1n) is 10.8. The summed E-state index contributed by atoms with van der Waals surface area (Å²) < 4.78 is 76.9. The van der Waals surface area contributed by atoms with Gasteiger partial charge in [0.15, 0.2) is 0 Å². The summed E-state index contributed by atoms with van der Waals surface area (Å²) in [7, 11) is 0. The molecule has 0 bridgehead atoms. The summed E-state index contributed by atoms with van der Waals surface area (Å²) in [5, 5.41) is 5.13. The minimum atomic E-state index is -4.46. The maximum Gasteiger partial charge on any atom is 0.416 e. The van der Waals surface area contributed by atoms with Crippen molar-refractivity contribution in [1.29, 1.82) is 0 Å². The fraction of sp³-hybridized carbons (Fsp3) is 0.240. The Morgan fingerprint density at radius 3 is 1.69 bits per heavy atom. The van der Waals surface area contributed by atoms with Gasteiger partial charge in [-0.15, -0.1) is 0 Å². The minimum absolute atomic E-state index is 0.0508. The van der Waals surface area contributed by atoms with Crippen LogP contribution in [-0.2, 0) is 25.2 Å². The van der Waals surface area contributed by atoms with Crippen molar-refractivity contribution < 1.29 is 35.9 Å². The Bertz CT molecular complexity index is 1130. The molecule has 5 nitrogen and oxygen atoms in total. The molecule has 2 N–H and O–H groups in total. The maximum absolute atomic E-state index is 12.8. The van der Waals surface area contributed by atoms with E-state index in [0.29, 0.717) is 11.1 Å². The highest BCUT2D eigenvalue weighted by atomic mass is 19.4. The lowest BCUT2D eigenvalue weighted by molar-refractivity contribution is -0.138. The zero-order valence-electron chi connectivity index (χ0n) is 18.7. The van der Waals surface area contributed by atoms with Crippen LogP contribution < -0.4 is 10.6 Å². The Morgan fingerprint density at radius 2 is 1.19 bits per heavy atom. The van der Waals surface area contributed by atoms with Crippen molar-refractivity contribution in [3.05, 3.63) is 100 Å². The van der Waals surface area contributed by atoms with Gasteiger partial charge in [0.05, 0.1) is 11.1 Å². The summed E-state index contributed by atoms with van der Waals surface area (Å²) in [5.41, 5.74) is -0.696. The first kappa shape index (κ1) is 26.7. The second-order valence-corrected chi connectivity index (χ2v) is 7.84. The van der Waals surface area contributed by atoms with Crippen LogP contribution in [0.15, 0.2) is 66.9 Å². The van der Waals surface area contributed by atoms with Gasteiger partial charge in [-0.05, 0) is 48.2 Å². The zero-order valence-corrected chi connectivity index (χ0v) is 18.7. The van der Waals surface area contributed by atoms with E-state index < -0.39 is 35.3 Å². The molecular weight excluding hydrogens is 488 g/mol. The van der Waals surface area contributed by atoms with E-state index in [1.807, 2.05) is 0 Å². The van der Waals surface area contributed by atoms with Gasteiger partial charge < -0.3 is 10.6 Å². The number of hydrogen-bond acceptors (Lipinski definition) is 3. The fourth-order valence-corrected chi connectivity index (χ4v) is 3.34. The Hall–Kier alpha value is -3.89. The number of carbonyl (C=O) groups excluding carboxylic acids is 2. The van der Waals surface area contributed by atoms with Gasteiger partial charge in [-0.3, -0.25) is 14.6 Å². The van der Waals surface area contributed by atoms with Gasteiger partial charge in [0.25, 0.3) is 11.8 Å². The average Bonchev–Trinajstić information content (AvgIpc) is 2.83. The molecule has 0 aliphatic heterocycles. The van der Waals surface area contributed by atoms with E-state index in [1.54, 1.807) is 0 Å². The summed E-state index contributed by atoms with van der Waals surface area (Å²) in [6, 6.07) is 12.2. The Kier molecular flexibility index (Phi) is 8.33. The van der Waals surface area contributed by atoms with Crippen LogP contribution in [0.3, 0.4) is 0 Å². The number of nitrogens with zero attached hydrogens (tertiary/aromatic N) is 1. The Labute approximate surface area is 202 Å². The van der Waals surface area contributed by atoms with Gasteiger partial charge in [0, 0.05) is 24.8 Å². The molecule has 2 aromatic carbocycles. The number of hydrogen-bond donors (Lipinski definition) is 2. The second kappa shape index (κ2) is 11.2. The lowest BCUT2D eigenvalue weighted by Crippen LogP contribution is -2.28. The summed E-state index contributed by atoms with van der Waals surface area (Å²) in [6.07, 6.45) is -7.34. The highest BCUT2D eigenvalue weighted by Gasteiger charge is 2.31. The third-order valence-corrected chi connectivity index (χ3v) is 5.16. The van der Waals surface area contributed by atoms with Crippen molar-refractivity contribution in [3.63, 3.8) is 0 Å². The van der Waals surface area contributed by atoms with Gasteiger partial charge in [-0.2, -0.15) is 26.3 Å². The number of amides is 2. The molecule has 0 aliphatic carbocycles. The van der Waals surface area contributed by atoms with Crippen molar-refractivity contribution in [2.24, 2.45) is 0 Å². The molecule has 0 saturated heterocycles. The fourth-order valence-electron chi connectivity index (χ4n) is 3.34. The average molecular weight is 509 g/mol. The second-order valence-electron chi connectivity index (χ2n) is 7.84. The van der Waals surface area contributed by atoms with Crippen LogP contribution in [0.25, 0.3) is 0 Å². The molecule has 3 rings (SSSR count). The van der Waals surface area contributed by atoms with E-state index in [-0.39, 0.29) is 37.2 Å². The number of carbonyl (C=O) groups is 2. The van der Waals surface area contributed by atoms with E-state index in [4.69, 9.17) is 0 Å². The number of pyridine rings is 1. The van der Waals surface area contributed by atoms with Gasteiger partial charge in [-0.1, -0.05) is 36.4 Å². The van der Waals surface area contributed by atoms with Crippen LogP contribution in [-0.4, -0.2) is 29.9 Å². The molecule has 0 atom stereocenters. The zero-order chi connectivity index (χ0) is 26.3. The maximum atomic E-state index is 12.8. The number of halogens is 6. The molecular formula is C25H21F6N3O2. The van der Waals surface area contributed by atoms with E-state index in [1.165, 1.54) is 42.6 Å². The standard InChI is InChI=1S/C25H21F6N3O2/c26-24(27,28)19-5-1-3-16(13-19)7-10-33-22(35)18-9-12-32-21(15-18)23(36)34-11-8-17-4-2-6-20(14-17)25(29,30)31/h1-6,9,12-15H,7-8,10-11H2,(H,33,35)(H,34,36). The number of rotatable bonds is 8. The first-order valence-corrected chi connectivity index (χ1v) is 10.8. The van der Waals surface area contributed by atoms with Crippen LogP contribution in [0.1, 0.15) is 43.1 Å². The van der Waals surface area contributed by atoms with Crippen molar-refractivity contribution >= 4 is 11.8 Å². The molecule has 0 spiro atoms. The van der Waals surface area contributed by atoms with Crippen LogP contribution in [0, 0.1) is 0 Å². The third kappa shape index (κ3) is 7.56. The predicted molar refractivity (Wildman–Crippen MR) is 119 cm³/mol. The third-order valence-electron chi connectivity index (χ3n) is 5.16. The van der Waals surface area contributed by atoms with Crippen molar-refractivity contribution in [2.75, 3.05) is 13.1 Å². The lowest BCUT2D eigenvalue weighted by atomic mass is 10.1. The molecule has 0 unspecified atom stereocenters. The van der Waals surface area contributed by atoms with Crippen molar-refractivity contribution in [1.82, 2.24) is 15.6 Å². The molecule has 0 fully saturated rings. The molecule has 2 amide bonds. The smallest absolute Gasteiger partial charge is 0.352 e. The van der Waals surface area contributed by atoms with Crippen LogP contribution in [0.5, 0.6) is 0 Å². The molecule has 190 valence electrons. The summed E-state index contributed by atoms with van der Waals surface area (Å²) >= 11 is 0. The molecule has 1 heterocycles. The van der Waals surface area contributed by atoms with Gasteiger partial charge >= 0.3 is 12.4 Å². The molecule has 0 radical (unpaired) electrons. The number of alkyl halides is 6.